The molecule has 12 heteroatoms. The molecule has 214 valence electrons. The van der Waals surface area contributed by atoms with E-state index in [0.717, 1.165) is 11.1 Å². The smallest absolute Gasteiger partial charge is 0.408 e. The quantitative estimate of drug-likeness (QED) is 0.195. The average Bonchev–Trinajstić information content (AvgIpc) is 2.97. The summed E-state index contributed by atoms with van der Waals surface area (Å²) in [4.78, 5) is 61.2. The van der Waals surface area contributed by atoms with E-state index >= 15 is 0 Å². The van der Waals surface area contributed by atoms with Gasteiger partial charge in [0.1, 0.15) is 24.7 Å². The Morgan fingerprint density at radius 3 is 1.88 bits per heavy atom. The molecular formula is C29H31N5O7. The topological polar surface area (TPSA) is 169 Å². The number of non-ortho nitro benzene ring substituents is 1. The predicted octanol–water partition coefficient (Wildman–Crippen LogP) is 3.08. The summed E-state index contributed by atoms with van der Waals surface area (Å²) in [6, 6.07) is 20.2. The third-order valence-electron chi connectivity index (χ3n) is 5.95. The molecule has 12 nitrogen and oxygen atoms in total. The minimum atomic E-state index is -1.07. The summed E-state index contributed by atoms with van der Waals surface area (Å²) in [5, 5.41) is 21.1. The summed E-state index contributed by atoms with van der Waals surface area (Å²) in [7, 11) is 0. The standard InChI is InChI=1S/C29H31N5O7/c1-19(26(35)32-23-13-15-24(16-14-23)34(39)40)30-28(37)25(17-21-9-5-3-6-10-21)33-27(36)20(2)31-29(38)41-18-22-11-7-4-8-12-22/h3-16,19-20,25H,17-18H2,1-2H3,(H,30,37)(H,31,38)(H,32,35)(H,33,36)/t19-,20-,25-/m0/s1. The Morgan fingerprint density at radius 2 is 1.29 bits per heavy atom. The van der Waals surface area contributed by atoms with Crippen LogP contribution in [-0.2, 0) is 32.1 Å². The lowest BCUT2D eigenvalue weighted by molar-refractivity contribution is -0.384. The van der Waals surface area contributed by atoms with Crippen LogP contribution in [-0.4, -0.2) is 46.9 Å². The molecule has 3 aromatic rings. The van der Waals surface area contributed by atoms with E-state index in [1.807, 2.05) is 24.3 Å². The Kier molecular flexibility index (Phi) is 10.9. The number of rotatable bonds is 12. The van der Waals surface area contributed by atoms with Gasteiger partial charge in [-0.25, -0.2) is 4.79 Å². The van der Waals surface area contributed by atoms with Crippen molar-refractivity contribution in [3.8, 4) is 0 Å². The number of benzene rings is 3. The van der Waals surface area contributed by atoms with Gasteiger partial charge in [0.25, 0.3) is 5.69 Å². The number of amides is 4. The number of nitrogens with zero attached hydrogens (tertiary/aromatic N) is 1. The van der Waals surface area contributed by atoms with Gasteiger partial charge in [-0.1, -0.05) is 60.7 Å². The lowest BCUT2D eigenvalue weighted by Crippen LogP contribution is -2.55. The predicted molar refractivity (Wildman–Crippen MR) is 151 cm³/mol. The molecule has 0 spiro atoms. The number of nitro groups is 1. The molecule has 41 heavy (non-hydrogen) atoms. The normalized spacial score (nSPS) is 12.6. The van der Waals surface area contributed by atoms with E-state index in [-0.39, 0.29) is 18.7 Å². The third-order valence-corrected chi connectivity index (χ3v) is 5.95. The second kappa shape index (κ2) is 14.8. The van der Waals surface area contributed by atoms with Gasteiger partial charge in [-0.3, -0.25) is 24.5 Å². The minimum absolute atomic E-state index is 0.0277. The maximum Gasteiger partial charge on any atom is 0.408 e. The van der Waals surface area contributed by atoms with Gasteiger partial charge in [-0.15, -0.1) is 0 Å². The fourth-order valence-corrected chi connectivity index (χ4v) is 3.66. The zero-order valence-electron chi connectivity index (χ0n) is 22.5. The lowest BCUT2D eigenvalue weighted by atomic mass is 10.0. The number of hydrogen-bond acceptors (Lipinski definition) is 7. The van der Waals surface area contributed by atoms with Crippen molar-refractivity contribution >= 4 is 35.2 Å². The third kappa shape index (κ3) is 9.77. The molecule has 0 aliphatic rings. The van der Waals surface area contributed by atoms with Crippen LogP contribution in [0.1, 0.15) is 25.0 Å². The van der Waals surface area contributed by atoms with Crippen molar-refractivity contribution in [2.75, 3.05) is 5.32 Å². The van der Waals surface area contributed by atoms with Crippen LogP contribution in [0.25, 0.3) is 0 Å². The Morgan fingerprint density at radius 1 is 0.732 bits per heavy atom. The van der Waals surface area contributed by atoms with Gasteiger partial charge in [-0.2, -0.15) is 0 Å². The molecule has 4 amide bonds. The SMILES string of the molecule is C[C@H](NC(=O)OCc1ccccc1)C(=O)N[C@@H](Cc1ccccc1)C(=O)N[C@@H](C)C(=O)Nc1ccc([N+](=O)[O-])cc1. The summed E-state index contributed by atoms with van der Waals surface area (Å²) < 4.78 is 5.16. The molecule has 0 saturated carbocycles. The van der Waals surface area contributed by atoms with Crippen molar-refractivity contribution < 1.29 is 28.8 Å². The molecule has 0 heterocycles. The van der Waals surface area contributed by atoms with Gasteiger partial charge in [0, 0.05) is 24.2 Å². The van der Waals surface area contributed by atoms with Crippen molar-refractivity contribution in [2.24, 2.45) is 0 Å². The van der Waals surface area contributed by atoms with Crippen molar-refractivity contribution in [3.05, 3.63) is 106 Å². The van der Waals surface area contributed by atoms with Crippen LogP contribution in [0, 0.1) is 10.1 Å². The first kappa shape index (κ1) is 30.3. The van der Waals surface area contributed by atoms with Crippen LogP contribution in [0.15, 0.2) is 84.9 Å². The van der Waals surface area contributed by atoms with Gasteiger partial charge >= 0.3 is 6.09 Å². The molecule has 0 aliphatic heterocycles. The van der Waals surface area contributed by atoms with E-state index in [9.17, 15) is 29.3 Å². The van der Waals surface area contributed by atoms with Crippen LogP contribution >= 0.6 is 0 Å². The average molecular weight is 562 g/mol. The Hall–Kier alpha value is -5.26. The highest BCUT2D eigenvalue weighted by atomic mass is 16.6. The molecule has 0 unspecified atom stereocenters. The minimum Gasteiger partial charge on any atom is -0.445 e. The van der Waals surface area contributed by atoms with Gasteiger partial charge in [0.05, 0.1) is 4.92 Å². The molecular weight excluding hydrogens is 530 g/mol. The molecule has 4 N–H and O–H groups in total. The Bertz CT molecular complexity index is 1350. The summed E-state index contributed by atoms with van der Waals surface area (Å²) in [5.41, 5.74) is 1.73. The van der Waals surface area contributed by atoms with Crippen molar-refractivity contribution in [1.82, 2.24) is 16.0 Å². The van der Waals surface area contributed by atoms with E-state index in [0.29, 0.717) is 5.69 Å². The summed E-state index contributed by atoms with van der Waals surface area (Å²) in [6.45, 7) is 2.95. The second-order valence-electron chi connectivity index (χ2n) is 9.20. The fraction of sp³-hybridized carbons (Fsp3) is 0.241. The maximum absolute atomic E-state index is 13.2. The van der Waals surface area contributed by atoms with Crippen molar-refractivity contribution in [2.45, 2.75) is 45.0 Å². The summed E-state index contributed by atoms with van der Waals surface area (Å²) in [5.74, 6) is -1.80. The first-order valence-electron chi connectivity index (χ1n) is 12.8. The molecule has 0 fully saturated rings. The number of hydrogen-bond donors (Lipinski definition) is 4. The number of ether oxygens (including phenoxy) is 1. The highest BCUT2D eigenvalue weighted by molar-refractivity contribution is 5.98. The second-order valence-corrected chi connectivity index (χ2v) is 9.20. The number of carbonyl (C=O) groups is 4. The first-order chi connectivity index (χ1) is 19.6. The number of anilines is 1. The molecule has 0 bridgehead atoms. The monoisotopic (exact) mass is 561 g/mol. The molecule has 0 aromatic heterocycles. The summed E-state index contributed by atoms with van der Waals surface area (Å²) in [6.07, 6.45) is -0.669. The van der Waals surface area contributed by atoms with Gasteiger partial charge < -0.3 is 26.0 Å². The Balaban J connectivity index is 1.59. The van der Waals surface area contributed by atoms with Gasteiger partial charge in [0.2, 0.25) is 17.7 Å². The van der Waals surface area contributed by atoms with Crippen LogP contribution in [0.5, 0.6) is 0 Å². The van der Waals surface area contributed by atoms with E-state index in [1.165, 1.54) is 38.1 Å². The number of alkyl carbamates (subject to hydrolysis) is 1. The van der Waals surface area contributed by atoms with Crippen molar-refractivity contribution in [1.29, 1.82) is 0 Å². The highest BCUT2D eigenvalue weighted by Crippen LogP contribution is 2.15. The van der Waals surface area contributed by atoms with E-state index in [1.54, 1.807) is 36.4 Å². The van der Waals surface area contributed by atoms with E-state index in [4.69, 9.17) is 4.74 Å². The zero-order valence-corrected chi connectivity index (χ0v) is 22.5. The van der Waals surface area contributed by atoms with Crippen LogP contribution in [0.3, 0.4) is 0 Å². The maximum atomic E-state index is 13.2. The van der Waals surface area contributed by atoms with Crippen LogP contribution < -0.4 is 21.3 Å². The molecule has 3 rings (SSSR count). The lowest BCUT2D eigenvalue weighted by Gasteiger charge is -2.23. The zero-order chi connectivity index (χ0) is 29.8. The Labute approximate surface area is 236 Å². The first-order valence-corrected chi connectivity index (χ1v) is 12.8. The molecule has 0 saturated heterocycles. The molecule has 0 aliphatic carbocycles. The van der Waals surface area contributed by atoms with Gasteiger partial charge in [-0.05, 0) is 37.1 Å². The number of nitro benzene ring substituents is 1. The fourth-order valence-electron chi connectivity index (χ4n) is 3.66. The van der Waals surface area contributed by atoms with Crippen molar-refractivity contribution in [3.63, 3.8) is 0 Å². The molecule has 3 aromatic carbocycles. The molecule has 0 radical (unpaired) electrons. The van der Waals surface area contributed by atoms with E-state index < -0.39 is 46.9 Å². The highest BCUT2D eigenvalue weighted by Gasteiger charge is 2.27. The largest absolute Gasteiger partial charge is 0.445 e. The van der Waals surface area contributed by atoms with Crippen LogP contribution in [0.4, 0.5) is 16.2 Å². The van der Waals surface area contributed by atoms with Gasteiger partial charge in [0.15, 0.2) is 0 Å². The number of nitrogens with one attached hydrogen (secondary N) is 4. The van der Waals surface area contributed by atoms with Crippen LogP contribution in [0.2, 0.25) is 0 Å². The molecule has 3 atom stereocenters. The summed E-state index contributed by atoms with van der Waals surface area (Å²) >= 11 is 0. The number of carbonyl (C=O) groups excluding carboxylic acids is 4. The van der Waals surface area contributed by atoms with E-state index in [2.05, 4.69) is 21.3 Å².